The average Bonchev–Trinajstić information content (AvgIpc) is 2.89. The Balaban J connectivity index is 1.71. The van der Waals surface area contributed by atoms with E-state index in [1.54, 1.807) is 11.8 Å². The van der Waals surface area contributed by atoms with E-state index in [0.717, 1.165) is 17.7 Å². The maximum atomic E-state index is 12.8. The number of nitrogens with zero attached hydrogens (tertiary/aromatic N) is 4. The highest BCUT2D eigenvalue weighted by Gasteiger charge is 2.66. The molecule has 1 fully saturated rings. The monoisotopic (exact) mass is 315 g/mol. The summed E-state index contributed by atoms with van der Waals surface area (Å²) in [5.41, 5.74) is 0.503. The first kappa shape index (κ1) is 15.5. The Bertz CT molecular complexity index is 681. The molecule has 0 saturated heterocycles. The van der Waals surface area contributed by atoms with Crippen molar-refractivity contribution in [2.45, 2.75) is 32.2 Å². The van der Waals surface area contributed by atoms with E-state index in [1.807, 2.05) is 24.3 Å². The highest BCUT2D eigenvalue weighted by molar-refractivity contribution is 5.93. The van der Waals surface area contributed by atoms with Crippen LogP contribution in [-0.4, -0.2) is 39.8 Å². The lowest BCUT2D eigenvalue weighted by Gasteiger charge is -2.21. The highest BCUT2D eigenvalue weighted by atomic mass is 16.5. The van der Waals surface area contributed by atoms with Crippen LogP contribution >= 0.6 is 0 Å². The third-order valence-corrected chi connectivity index (χ3v) is 4.73. The molecule has 1 aliphatic carbocycles. The Morgan fingerprint density at radius 1 is 1.35 bits per heavy atom. The van der Waals surface area contributed by atoms with Gasteiger partial charge >= 0.3 is 0 Å². The van der Waals surface area contributed by atoms with Crippen LogP contribution in [0.25, 0.3) is 0 Å². The fraction of sp³-hybridized carbons (Fsp3) is 0.500. The molecule has 7 nitrogen and oxygen atoms in total. The summed E-state index contributed by atoms with van der Waals surface area (Å²) in [6, 6.07) is 7.77. The Morgan fingerprint density at radius 2 is 2.04 bits per heavy atom. The summed E-state index contributed by atoms with van der Waals surface area (Å²) in [5.74, 6) is 0.849. The number of hydrogen-bond acceptors (Lipinski definition) is 5. The number of aromatic nitrogens is 4. The van der Waals surface area contributed by atoms with Crippen LogP contribution in [0.2, 0.25) is 0 Å². The van der Waals surface area contributed by atoms with Crippen LogP contribution < -0.4 is 10.1 Å². The lowest BCUT2D eigenvalue weighted by atomic mass is 9.87. The van der Waals surface area contributed by atoms with E-state index in [4.69, 9.17) is 4.74 Å². The van der Waals surface area contributed by atoms with Gasteiger partial charge in [0.15, 0.2) is 0 Å². The van der Waals surface area contributed by atoms with E-state index < -0.39 is 5.41 Å². The quantitative estimate of drug-likeness (QED) is 0.865. The number of amides is 1. The number of nitrogens with one attached hydrogen (secondary N) is 1. The van der Waals surface area contributed by atoms with E-state index in [1.165, 1.54) is 6.33 Å². The van der Waals surface area contributed by atoms with E-state index in [2.05, 4.69) is 34.7 Å². The van der Waals surface area contributed by atoms with Gasteiger partial charge in [-0.3, -0.25) is 4.79 Å². The van der Waals surface area contributed by atoms with E-state index in [0.29, 0.717) is 13.1 Å². The van der Waals surface area contributed by atoms with Crippen LogP contribution in [0.4, 0.5) is 0 Å². The second kappa shape index (κ2) is 5.64. The van der Waals surface area contributed by atoms with Gasteiger partial charge < -0.3 is 10.1 Å². The van der Waals surface area contributed by atoms with Crippen LogP contribution in [0, 0.1) is 5.41 Å². The third-order valence-electron chi connectivity index (χ3n) is 4.73. The van der Waals surface area contributed by atoms with Gasteiger partial charge in [0, 0.05) is 6.54 Å². The van der Waals surface area contributed by atoms with E-state index >= 15 is 0 Å². The first-order valence-electron chi connectivity index (χ1n) is 7.63. The molecule has 1 heterocycles. The van der Waals surface area contributed by atoms with Gasteiger partial charge in [0.05, 0.1) is 19.1 Å². The minimum absolute atomic E-state index is 0.0551. The predicted molar refractivity (Wildman–Crippen MR) is 83.9 cm³/mol. The third kappa shape index (κ3) is 2.67. The Hall–Kier alpha value is -2.44. The lowest BCUT2D eigenvalue weighted by Crippen LogP contribution is -2.39. The van der Waals surface area contributed by atoms with Gasteiger partial charge in [-0.25, -0.2) is 4.68 Å². The van der Waals surface area contributed by atoms with Crippen molar-refractivity contribution < 1.29 is 9.53 Å². The molecular formula is C16H21N5O2. The fourth-order valence-corrected chi connectivity index (χ4v) is 3.22. The van der Waals surface area contributed by atoms with Crippen molar-refractivity contribution in [3.05, 3.63) is 36.2 Å². The molecule has 0 unspecified atom stereocenters. The van der Waals surface area contributed by atoms with E-state index in [-0.39, 0.29) is 11.3 Å². The molecule has 0 bridgehead atoms. The maximum Gasteiger partial charge on any atom is 0.231 e. The summed E-state index contributed by atoms with van der Waals surface area (Å²) in [6.45, 7) is 5.30. The molecule has 3 rings (SSSR count). The summed E-state index contributed by atoms with van der Waals surface area (Å²) in [7, 11) is 1.64. The zero-order chi connectivity index (χ0) is 16.5. The van der Waals surface area contributed by atoms with Crippen LogP contribution in [0.15, 0.2) is 30.6 Å². The molecule has 122 valence electrons. The highest BCUT2D eigenvalue weighted by Crippen LogP contribution is 2.64. The second-order valence-corrected chi connectivity index (χ2v) is 6.52. The topological polar surface area (TPSA) is 81.9 Å². The van der Waals surface area contributed by atoms with Crippen molar-refractivity contribution in [3.63, 3.8) is 0 Å². The molecule has 2 aromatic rings. The number of carbonyl (C=O) groups is 1. The number of methoxy groups -OCH3 is 1. The van der Waals surface area contributed by atoms with Crippen molar-refractivity contribution in [1.29, 1.82) is 0 Å². The second-order valence-electron chi connectivity index (χ2n) is 6.52. The molecule has 0 aliphatic heterocycles. The molecule has 0 radical (unpaired) electrons. The Morgan fingerprint density at radius 3 is 2.57 bits per heavy atom. The number of hydrogen-bond donors (Lipinski definition) is 1. The zero-order valence-electron chi connectivity index (χ0n) is 13.6. The van der Waals surface area contributed by atoms with Gasteiger partial charge in [0.25, 0.3) is 0 Å². The molecule has 1 amide bonds. The molecule has 1 N–H and O–H groups in total. The number of carbonyl (C=O) groups excluding carboxylic acids is 1. The summed E-state index contributed by atoms with van der Waals surface area (Å²) in [4.78, 5) is 12.8. The van der Waals surface area contributed by atoms with Crippen LogP contribution in [0.3, 0.4) is 0 Å². The smallest absolute Gasteiger partial charge is 0.231 e. The van der Waals surface area contributed by atoms with Gasteiger partial charge in [0.2, 0.25) is 5.91 Å². The number of ether oxygens (including phenoxy) is 1. The van der Waals surface area contributed by atoms with Crippen molar-refractivity contribution >= 4 is 5.91 Å². The van der Waals surface area contributed by atoms with Gasteiger partial charge in [-0.1, -0.05) is 26.0 Å². The predicted octanol–water partition coefficient (Wildman–Crippen LogP) is 1.17. The summed E-state index contributed by atoms with van der Waals surface area (Å²) in [6.07, 6.45) is 2.37. The first-order valence-corrected chi connectivity index (χ1v) is 7.63. The molecule has 1 saturated carbocycles. The van der Waals surface area contributed by atoms with Crippen molar-refractivity contribution in [3.8, 4) is 5.75 Å². The molecule has 1 aliphatic rings. The van der Waals surface area contributed by atoms with Crippen molar-refractivity contribution in [1.82, 2.24) is 25.5 Å². The molecule has 0 spiro atoms. The molecule has 1 aromatic carbocycles. The normalized spacial score (nSPS) is 21.7. The fourth-order valence-electron chi connectivity index (χ4n) is 3.22. The van der Waals surface area contributed by atoms with Gasteiger partial charge in [-0.2, -0.15) is 0 Å². The standard InChI is InChI=1S/C16H21N5O2/c1-15(2)10-16(15,12-4-6-13(23-3)7-5-12)14(22)17-8-9-21-11-18-19-20-21/h4-7,11H,8-10H2,1-3H3,(H,17,22)/t16-/m0/s1. The molecule has 23 heavy (non-hydrogen) atoms. The average molecular weight is 315 g/mol. The number of benzene rings is 1. The maximum absolute atomic E-state index is 12.8. The summed E-state index contributed by atoms with van der Waals surface area (Å²) >= 11 is 0. The van der Waals surface area contributed by atoms with Gasteiger partial charge in [0.1, 0.15) is 12.1 Å². The minimum atomic E-state index is -0.472. The molecule has 1 aromatic heterocycles. The minimum Gasteiger partial charge on any atom is -0.497 e. The van der Waals surface area contributed by atoms with Crippen LogP contribution in [0.5, 0.6) is 5.75 Å². The Kier molecular flexibility index (Phi) is 3.79. The number of tetrazole rings is 1. The van der Waals surface area contributed by atoms with Gasteiger partial charge in [-0.05, 0) is 40.0 Å². The SMILES string of the molecule is COc1ccc([C@]2(C(=O)NCCn3cnnn3)CC2(C)C)cc1. The largest absolute Gasteiger partial charge is 0.497 e. The van der Waals surface area contributed by atoms with Gasteiger partial charge in [-0.15, -0.1) is 5.10 Å². The molecule has 7 heteroatoms. The Labute approximate surface area is 135 Å². The molecule has 1 atom stereocenters. The lowest BCUT2D eigenvalue weighted by molar-refractivity contribution is -0.124. The summed E-state index contributed by atoms with van der Waals surface area (Å²) in [5, 5.41) is 14.0. The van der Waals surface area contributed by atoms with Crippen molar-refractivity contribution in [2.75, 3.05) is 13.7 Å². The number of rotatable bonds is 6. The zero-order valence-corrected chi connectivity index (χ0v) is 13.6. The van der Waals surface area contributed by atoms with Crippen LogP contribution in [0.1, 0.15) is 25.8 Å². The van der Waals surface area contributed by atoms with Crippen molar-refractivity contribution in [2.24, 2.45) is 5.41 Å². The van der Waals surface area contributed by atoms with E-state index in [9.17, 15) is 4.79 Å². The summed E-state index contributed by atoms with van der Waals surface area (Å²) < 4.78 is 6.79. The molecular weight excluding hydrogens is 294 g/mol. The van der Waals surface area contributed by atoms with Crippen LogP contribution in [-0.2, 0) is 16.8 Å². The first-order chi connectivity index (χ1) is 11.0.